The summed E-state index contributed by atoms with van der Waals surface area (Å²) in [7, 11) is 1.74. The van der Waals surface area contributed by atoms with Crippen LogP contribution in [0.2, 0.25) is 0 Å². The van der Waals surface area contributed by atoms with Gasteiger partial charge in [-0.15, -0.1) is 0 Å². The fourth-order valence-corrected chi connectivity index (χ4v) is 2.74. The maximum atomic E-state index is 12.5. The smallest absolute Gasteiger partial charge is 0.410 e. The third-order valence-corrected chi connectivity index (χ3v) is 4.20. The van der Waals surface area contributed by atoms with Crippen molar-refractivity contribution in [1.29, 1.82) is 0 Å². The lowest BCUT2D eigenvalue weighted by molar-refractivity contribution is 0.0215. The highest BCUT2D eigenvalue weighted by atomic mass is 16.6. The van der Waals surface area contributed by atoms with Gasteiger partial charge in [-0.05, 0) is 51.3 Å². The number of nitrogens with one attached hydrogen (secondary N) is 1. The minimum atomic E-state index is -0.560. The van der Waals surface area contributed by atoms with Crippen molar-refractivity contribution < 1.29 is 14.3 Å². The van der Waals surface area contributed by atoms with Gasteiger partial charge in [-0.2, -0.15) is 0 Å². The molecule has 0 bridgehead atoms. The summed E-state index contributed by atoms with van der Waals surface area (Å²) in [5, 5.41) is 2.88. The summed E-state index contributed by atoms with van der Waals surface area (Å²) in [5.41, 5.74) is 0.942. The van der Waals surface area contributed by atoms with Crippen LogP contribution in [0, 0.1) is 0 Å². The highest BCUT2D eigenvalue weighted by Crippen LogP contribution is 2.15. The monoisotopic (exact) mass is 383 g/mol. The molecule has 0 spiro atoms. The van der Waals surface area contributed by atoms with Gasteiger partial charge >= 0.3 is 6.09 Å². The van der Waals surface area contributed by atoms with Crippen molar-refractivity contribution >= 4 is 12.0 Å². The molecule has 1 aromatic carbocycles. The number of hydrogen-bond acceptors (Lipinski definition) is 4. The van der Waals surface area contributed by atoms with E-state index in [4.69, 9.17) is 4.74 Å². The van der Waals surface area contributed by atoms with E-state index in [1.54, 1.807) is 36.3 Å². The average Bonchev–Trinajstić information content (AvgIpc) is 2.66. The Bertz CT molecular complexity index is 758. The van der Waals surface area contributed by atoms with Crippen LogP contribution in [-0.4, -0.2) is 47.1 Å². The van der Waals surface area contributed by atoms with E-state index in [0.717, 1.165) is 5.56 Å². The van der Waals surface area contributed by atoms with E-state index in [0.29, 0.717) is 25.1 Å². The van der Waals surface area contributed by atoms with Crippen molar-refractivity contribution in [3.8, 4) is 0 Å². The Balaban J connectivity index is 2.01. The number of amides is 2. The van der Waals surface area contributed by atoms with E-state index in [2.05, 4.69) is 10.3 Å². The number of ether oxygens (including phenoxy) is 1. The summed E-state index contributed by atoms with van der Waals surface area (Å²) in [6.07, 6.45) is 2.49. The Hall–Kier alpha value is -2.89. The molecule has 0 aliphatic rings. The van der Waals surface area contributed by atoms with Crippen LogP contribution in [-0.2, 0) is 11.2 Å². The van der Waals surface area contributed by atoms with Gasteiger partial charge in [-0.1, -0.05) is 36.4 Å². The van der Waals surface area contributed by atoms with Crippen molar-refractivity contribution in [1.82, 2.24) is 15.2 Å². The zero-order valence-electron chi connectivity index (χ0n) is 17.0. The molecule has 28 heavy (non-hydrogen) atoms. The molecule has 0 aliphatic heterocycles. The van der Waals surface area contributed by atoms with Gasteiger partial charge in [0.15, 0.2) is 0 Å². The Labute approximate surface area is 166 Å². The minimum Gasteiger partial charge on any atom is -0.444 e. The molecule has 2 amide bonds. The number of carbonyl (C=O) groups is 2. The summed E-state index contributed by atoms with van der Waals surface area (Å²) in [6, 6.07) is 15.1. The van der Waals surface area contributed by atoms with Crippen LogP contribution < -0.4 is 5.32 Å². The van der Waals surface area contributed by atoms with Gasteiger partial charge in [0.05, 0.1) is 0 Å². The summed E-state index contributed by atoms with van der Waals surface area (Å²) in [6.45, 7) is 5.97. The molecule has 1 atom stereocenters. The molecule has 2 rings (SSSR count). The largest absolute Gasteiger partial charge is 0.444 e. The molecule has 0 saturated carbocycles. The molecular weight excluding hydrogens is 354 g/mol. The molecule has 1 N–H and O–H groups in total. The first-order chi connectivity index (χ1) is 13.3. The predicted octanol–water partition coefficient (Wildman–Crippen LogP) is 3.68. The van der Waals surface area contributed by atoms with Crippen LogP contribution in [0.1, 0.15) is 43.2 Å². The molecule has 0 fully saturated rings. The first-order valence-corrected chi connectivity index (χ1v) is 9.45. The van der Waals surface area contributed by atoms with Gasteiger partial charge in [-0.3, -0.25) is 9.78 Å². The fourth-order valence-electron chi connectivity index (χ4n) is 2.74. The van der Waals surface area contributed by atoms with Crippen LogP contribution in [0.5, 0.6) is 0 Å². The van der Waals surface area contributed by atoms with E-state index in [9.17, 15) is 9.59 Å². The Morgan fingerprint density at radius 2 is 1.79 bits per heavy atom. The molecule has 150 valence electrons. The standard InChI is InChI=1S/C22H29N3O3/c1-22(2,3)28-21(27)25(4)18(16-17-10-6-5-7-11-17)13-15-24-20(26)19-12-8-9-14-23-19/h5-12,14,18H,13,15-16H2,1-4H3,(H,24,26). The number of hydrogen-bond donors (Lipinski definition) is 1. The lowest BCUT2D eigenvalue weighted by Gasteiger charge is -2.31. The lowest BCUT2D eigenvalue weighted by Crippen LogP contribution is -2.43. The zero-order chi connectivity index (χ0) is 20.6. The third kappa shape index (κ3) is 7.02. The Morgan fingerprint density at radius 1 is 1.11 bits per heavy atom. The number of pyridine rings is 1. The van der Waals surface area contributed by atoms with Gasteiger partial charge in [0, 0.05) is 25.8 Å². The molecule has 0 aliphatic carbocycles. The topological polar surface area (TPSA) is 71.5 Å². The summed E-state index contributed by atoms with van der Waals surface area (Å²) in [4.78, 5) is 30.4. The minimum absolute atomic E-state index is 0.110. The van der Waals surface area contributed by atoms with Crippen LogP contribution >= 0.6 is 0 Å². The second-order valence-electron chi connectivity index (χ2n) is 7.69. The molecule has 1 unspecified atom stereocenters. The van der Waals surface area contributed by atoms with E-state index >= 15 is 0 Å². The van der Waals surface area contributed by atoms with Gasteiger partial charge in [0.25, 0.3) is 5.91 Å². The average molecular weight is 383 g/mol. The zero-order valence-corrected chi connectivity index (χ0v) is 17.0. The molecule has 6 heteroatoms. The van der Waals surface area contributed by atoms with E-state index in [1.165, 1.54) is 0 Å². The molecule has 6 nitrogen and oxygen atoms in total. The summed E-state index contributed by atoms with van der Waals surface area (Å²) < 4.78 is 5.50. The van der Waals surface area contributed by atoms with E-state index < -0.39 is 5.60 Å². The van der Waals surface area contributed by atoms with Crippen molar-refractivity contribution in [3.05, 3.63) is 66.0 Å². The first-order valence-electron chi connectivity index (χ1n) is 9.45. The van der Waals surface area contributed by atoms with Crippen LogP contribution in [0.15, 0.2) is 54.7 Å². The second-order valence-corrected chi connectivity index (χ2v) is 7.69. The van der Waals surface area contributed by atoms with Crippen LogP contribution in [0.4, 0.5) is 4.79 Å². The Morgan fingerprint density at radius 3 is 2.39 bits per heavy atom. The maximum Gasteiger partial charge on any atom is 0.410 e. The molecule has 0 radical (unpaired) electrons. The quantitative estimate of drug-likeness (QED) is 0.792. The third-order valence-electron chi connectivity index (χ3n) is 4.20. The second kappa shape index (κ2) is 9.88. The maximum absolute atomic E-state index is 12.5. The first kappa shape index (κ1) is 21.4. The lowest BCUT2D eigenvalue weighted by atomic mass is 10.0. The normalized spacial score (nSPS) is 12.1. The van der Waals surface area contributed by atoms with Crippen molar-refractivity contribution in [3.63, 3.8) is 0 Å². The molecule has 2 aromatic rings. The van der Waals surface area contributed by atoms with Crippen molar-refractivity contribution in [2.24, 2.45) is 0 Å². The van der Waals surface area contributed by atoms with Gasteiger partial charge in [0.2, 0.25) is 0 Å². The van der Waals surface area contributed by atoms with Gasteiger partial charge < -0.3 is 15.0 Å². The number of benzene rings is 1. The Kier molecular flexibility index (Phi) is 7.55. The fraction of sp³-hybridized carbons (Fsp3) is 0.409. The van der Waals surface area contributed by atoms with Crippen molar-refractivity contribution in [2.75, 3.05) is 13.6 Å². The van der Waals surface area contributed by atoms with Gasteiger partial charge in [0.1, 0.15) is 11.3 Å². The molecular formula is C22H29N3O3. The van der Waals surface area contributed by atoms with E-state index in [-0.39, 0.29) is 18.0 Å². The summed E-state index contributed by atoms with van der Waals surface area (Å²) >= 11 is 0. The van der Waals surface area contributed by atoms with Crippen LogP contribution in [0.25, 0.3) is 0 Å². The predicted molar refractivity (Wildman–Crippen MR) is 109 cm³/mol. The highest BCUT2D eigenvalue weighted by molar-refractivity contribution is 5.92. The number of nitrogens with zero attached hydrogens (tertiary/aromatic N) is 2. The molecule has 0 saturated heterocycles. The number of aromatic nitrogens is 1. The van der Waals surface area contributed by atoms with E-state index in [1.807, 2.05) is 51.1 Å². The number of likely N-dealkylation sites (N-methyl/N-ethyl adjacent to an activating group) is 1. The highest BCUT2D eigenvalue weighted by Gasteiger charge is 2.25. The number of rotatable bonds is 7. The summed E-state index contributed by atoms with van der Waals surface area (Å²) in [5.74, 6) is -0.223. The van der Waals surface area contributed by atoms with Crippen molar-refractivity contribution in [2.45, 2.75) is 45.3 Å². The van der Waals surface area contributed by atoms with Crippen LogP contribution in [0.3, 0.4) is 0 Å². The molecule has 1 aromatic heterocycles. The SMILES string of the molecule is CN(C(=O)OC(C)(C)C)C(CCNC(=O)c1ccccn1)Cc1ccccc1. The van der Waals surface area contributed by atoms with Gasteiger partial charge in [-0.25, -0.2) is 4.79 Å². The molecule has 1 heterocycles. The number of carbonyl (C=O) groups excluding carboxylic acids is 2.